The Labute approximate surface area is 258 Å². The standard InChI is InChI=1S/C32H31F2N7O4/c1-20-30(32(43)41(39(20)2)24-9-6-21(33)7-10-24)31(42)38-23-8-11-27(26(34)17-23)45-29-18-28(35-19-36-29)37-22-4-3-5-25(16-22)40-12-14-44-15-13-40/h3-11,16-19,32,43H,12-15H2,1-2H3,(H,38,42)(H,35,36,37). The van der Waals surface area contributed by atoms with Gasteiger partial charge in [-0.1, -0.05) is 6.07 Å². The van der Waals surface area contributed by atoms with E-state index in [4.69, 9.17) is 9.47 Å². The Balaban J connectivity index is 1.11. The number of hydrogen-bond acceptors (Lipinski definition) is 10. The van der Waals surface area contributed by atoms with Crippen LogP contribution in [0.4, 0.5) is 37.3 Å². The molecule has 0 radical (unpaired) electrons. The number of rotatable bonds is 8. The van der Waals surface area contributed by atoms with Crippen molar-refractivity contribution >= 4 is 34.5 Å². The number of allylic oxidation sites excluding steroid dienone is 1. The second-order valence-corrected chi connectivity index (χ2v) is 10.4. The van der Waals surface area contributed by atoms with Crippen molar-refractivity contribution in [3.8, 4) is 11.6 Å². The zero-order valence-electron chi connectivity index (χ0n) is 24.6. The van der Waals surface area contributed by atoms with Gasteiger partial charge in [0.15, 0.2) is 17.8 Å². The Morgan fingerprint density at radius 1 is 0.978 bits per heavy atom. The van der Waals surface area contributed by atoms with Crippen LogP contribution in [0.2, 0.25) is 0 Å². The average Bonchev–Trinajstić information content (AvgIpc) is 3.26. The molecule has 6 rings (SSSR count). The topological polar surface area (TPSA) is 115 Å². The number of aliphatic hydroxyl groups is 1. The predicted octanol–water partition coefficient (Wildman–Crippen LogP) is 5.03. The van der Waals surface area contributed by atoms with E-state index in [1.807, 2.05) is 24.3 Å². The van der Waals surface area contributed by atoms with E-state index in [1.54, 1.807) is 25.0 Å². The number of halogens is 2. The summed E-state index contributed by atoms with van der Waals surface area (Å²) in [5.74, 6) is -1.30. The molecule has 3 heterocycles. The molecule has 2 aliphatic rings. The van der Waals surface area contributed by atoms with Crippen LogP contribution in [0.1, 0.15) is 6.92 Å². The van der Waals surface area contributed by atoms with Crippen molar-refractivity contribution in [3.05, 3.63) is 102 Å². The van der Waals surface area contributed by atoms with Gasteiger partial charge in [0.25, 0.3) is 5.91 Å². The highest BCUT2D eigenvalue weighted by molar-refractivity contribution is 6.05. The van der Waals surface area contributed by atoms with Crippen LogP contribution in [-0.4, -0.2) is 65.6 Å². The summed E-state index contributed by atoms with van der Waals surface area (Å²) in [4.78, 5) is 23.8. The number of morpholine rings is 1. The number of nitrogens with one attached hydrogen (secondary N) is 2. The molecule has 2 aliphatic heterocycles. The summed E-state index contributed by atoms with van der Waals surface area (Å²) in [7, 11) is 1.67. The highest BCUT2D eigenvalue weighted by Crippen LogP contribution is 2.33. The number of carbonyl (C=O) groups excluding carboxylic acids is 1. The van der Waals surface area contributed by atoms with Gasteiger partial charge in [0, 0.05) is 55.0 Å². The fraction of sp³-hybridized carbons (Fsp3) is 0.219. The number of amides is 1. The van der Waals surface area contributed by atoms with Gasteiger partial charge < -0.3 is 30.1 Å². The Kier molecular flexibility index (Phi) is 8.45. The second-order valence-electron chi connectivity index (χ2n) is 10.4. The van der Waals surface area contributed by atoms with Gasteiger partial charge in [-0.2, -0.15) is 0 Å². The number of hydrazine groups is 1. The SMILES string of the molecule is CC1=C(C(=O)Nc2ccc(Oc3cc(Nc4cccc(N5CCOCC5)c4)ncn3)c(F)c2)C(O)N(c2ccc(F)cc2)N1C. The minimum Gasteiger partial charge on any atom is -0.436 e. The molecule has 1 fully saturated rings. The first-order valence-electron chi connectivity index (χ1n) is 14.2. The Morgan fingerprint density at radius 2 is 1.76 bits per heavy atom. The summed E-state index contributed by atoms with van der Waals surface area (Å²) >= 11 is 0. The lowest BCUT2D eigenvalue weighted by Gasteiger charge is -2.31. The molecule has 3 N–H and O–H groups in total. The lowest BCUT2D eigenvalue weighted by molar-refractivity contribution is -0.113. The largest absolute Gasteiger partial charge is 0.436 e. The Hall–Kier alpha value is -5.27. The van der Waals surface area contributed by atoms with Crippen LogP contribution in [0, 0.1) is 11.6 Å². The predicted molar refractivity (Wildman–Crippen MR) is 165 cm³/mol. The minimum atomic E-state index is -1.34. The van der Waals surface area contributed by atoms with E-state index >= 15 is 4.39 Å². The third-order valence-corrected chi connectivity index (χ3v) is 7.57. The summed E-state index contributed by atoms with van der Waals surface area (Å²) in [6.45, 7) is 4.67. The molecule has 0 spiro atoms. The van der Waals surface area contributed by atoms with Gasteiger partial charge in [-0.05, 0) is 61.5 Å². The highest BCUT2D eigenvalue weighted by atomic mass is 19.1. The third kappa shape index (κ3) is 6.49. The summed E-state index contributed by atoms with van der Waals surface area (Å²) in [5, 5.41) is 19.9. The molecule has 45 heavy (non-hydrogen) atoms. The molecule has 1 unspecified atom stereocenters. The summed E-state index contributed by atoms with van der Waals surface area (Å²) in [5.41, 5.74) is 3.08. The summed E-state index contributed by atoms with van der Waals surface area (Å²) < 4.78 is 39.7. The van der Waals surface area contributed by atoms with E-state index in [-0.39, 0.29) is 22.9 Å². The summed E-state index contributed by atoms with van der Waals surface area (Å²) in [6, 6.07) is 19.0. The average molecular weight is 616 g/mol. The molecule has 11 nitrogen and oxygen atoms in total. The van der Waals surface area contributed by atoms with Crippen LogP contribution in [-0.2, 0) is 9.53 Å². The summed E-state index contributed by atoms with van der Waals surface area (Å²) in [6.07, 6.45) is -0.0269. The van der Waals surface area contributed by atoms with Gasteiger partial charge in [0.1, 0.15) is 18.0 Å². The van der Waals surface area contributed by atoms with Crippen molar-refractivity contribution in [3.63, 3.8) is 0 Å². The van der Waals surface area contributed by atoms with Crippen LogP contribution in [0.5, 0.6) is 11.6 Å². The van der Waals surface area contributed by atoms with Gasteiger partial charge in [-0.25, -0.2) is 18.7 Å². The maximum atomic E-state index is 15.1. The van der Waals surface area contributed by atoms with Crippen molar-refractivity contribution in [1.82, 2.24) is 15.0 Å². The van der Waals surface area contributed by atoms with E-state index in [0.717, 1.165) is 30.5 Å². The molecular weight excluding hydrogens is 584 g/mol. The fourth-order valence-electron chi connectivity index (χ4n) is 5.18. The van der Waals surface area contributed by atoms with Gasteiger partial charge in [-0.3, -0.25) is 14.8 Å². The van der Waals surface area contributed by atoms with E-state index in [1.165, 1.54) is 47.7 Å². The number of nitrogens with zero attached hydrogens (tertiary/aromatic N) is 5. The molecule has 1 aromatic heterocycles. The molecule has 1 atom stereocenters. The number of carbonyl (C=O) groups is 1. The van der Waals surface area contributed by atoms with Gasteiger partial charge in [0.05, 0.1) is 24.5 Å². The van der Waals surface area contributed by atoms with Crippen LogP contribution in [0.25, 0.3) is 0 Å². The second kappa shape index (κ2) is 12.8. The fourth-order valence-corrected chi connectivity index (χ4v) is 5.18. The lowest BCUT2D eigenvalue weighted by Crippen LogP contribution is -2.41. The maximum absolute atomic E-state index is 15.1. The van der Waals surface area contributed by atoms with Gasteiger partial charge in [0.2, 0.25) is 5.88 Å². The van der Waals surface area contributed by atoms with Crippen molar-refractivity contribution in [1.29, 1.82) is 0 Å². The first-order valence-corrected chi connectivity index (χ1v) is 14.2. The normalized spacial score (nSPS) is 16.6. The molecule has 0 bridgehead atoms. The molecule has 3 aromatic carbocycles. The number of anilines is 5. The van der Waals surface area contributed by atoms with Crippen LogP contribution in [0.15, 0.2) is 90.4 Å². The number of aliphatic hydroxyl groups excluding tert-OH is 1. The van der Waals surface area contributed by atoms with E-state index in [2.05, 4.69) is 25.5 Å². The zero-order chi connectivity index (χ0) is 31.5. The Bertz CT molecular complexity index is 1730. The molecule has 13 heteroatoms. The first-order chi connectivity index (χ1) is 21.8. The lowest BCUT2D eigenvalue weighted by atomic mass is 10.1. The maximum Gasteiger partial charge on any atom is 0.258 e. The number of aromatic nitrogens is 2. The molecule has 232 valence electrons. The van der Waals surface area contributed by atoms with E-state index < -0.39 is 23.8 Å². The van der Waals surface area contributed by atoms with Crippen molar-refractivity contribution in [2.75, 3.05) is 53.9 Å². The molecule has 1 saturated heterocycles. The molecule has 4 aromatic rings. The van der Waals surface area contributed by atoms with Gasteiger partial charge >= 0.3 is 0 Å². The van der Waals surface area contributed by atoms with Gasteiger partial charge in [-0.15, -0.1) is 0 Å². The number of benzene rings is 3. The number of ether oxygens (including phenoxy) is 2. The minimum absolute atomic E-state index is 0.0686. The van der Waals surface area contributed by atoms with Crippen molar-refractivity contribution < 1.29 is 28.2 Å². The molecule has 0 saturated carbocycles. The number of hydrogen-bond donors (Lipinski definition) is 3. The van der Waals surface area contributed by atoms with Crippen molar-refractivity contribution in [2.24, 2.45) is 0 Å². The molecule has 0 aliphatic carbocycles. The van der Waals surface area contributed by atoms with E-state index in [9.17, 15) is 14.3 Å². The monoisotopic (exact) mass is 615 g/mol. The van der Waals surface area contributed by atoms with E-state index in [0.29, 0.717) is 30.4 Å². The first kappa shape index (κ1) is 29.8. The molecular formula is C32H31F2N7O4. The highest BCUT2D eigenvalue weighted by Gasteiger charge is 2.38. The van der Waals surface area contributed by atoms with Crippen molar-refractivity contribution in [2.45, 2.75) is 13.2 Å². The zero-order valence-corrected chi connectivity index (χ0v) is 24.6. The quantitative estimate of drug-likeness (QED) is 0.250. The Morgan fingerprint density at radius 3 is 2.51 bits per heavy atom. The molecule has 1 amide bonds. The smallest absolute Gasteiger partial charge is 0.258 e. The van der Waals surface area contributed by atoms with Crippen LogP contribution >= 0.6 is 0 Å². The van der Waals surface area contributed by atoms with Crippen LogP contribution in [0.3, 0.4) is 0 Å². The third-order valence-electron chi connectivity index (χ3n) is 7.57. The van der Waals surface area contributed by atoms with Crippen LogP contribution < -0.4 is 25.3 Å².